The van der Waals surface area contributed by atoms with Gasteiger partial charge in [0.25, 0.3) is 0 Å². The largest absolute Gasteiger partial charge is 0.349 e. The van der Waals surface area contributed by atoms with Gasteiger partial charge >= 0.3 is 0 Å². The van der Waals surface area contributed by atoms with Crippen molar-refractivity contribution < 1.29 is 9.59 Å². The molecule has 1 atom stereocenters. The van der Waals surface area contributed by atoms with Gasteiger partial charge in [0.1, 0.15) is 0 Å². The van der Waals surface area contributed by atoms with E-state index in [0.717, 1.165) is 29.8 Å². The molecule has 0 radical (unpaired) electrons. The maximum absolute atomic E-state index is 12.3. The minimum Gasteiger partial charge on any atom is -0.349 e. The molecule has 1 aliphatic heterocycles. The molecule has 1 unspecified atom stereocenters. The van der Waals surface area contributed by atoms with Crippen LogP contribution >= 0.6 is 0 Å². The highest BCUT2D eigenvalue weighted by atomic mass is 16.2. The number of rotatable bonds is 5. The number of hydrogen-bond donors (Lipinski definition) is 1. The number of aryl methyl sites for hydroxylation is 1. The molecule has 3 rings (SSSR count). The molecule has 25 heavy (non-hydrogen) atoms. The van der Waals surface area contributed by atoms with Gasteiger partial charge in [0.05, 0.1) is 12.5 Å². The van der Waals surface area contributed by atoms with E-state index in [1.807, 2.05) is 55.1 Å². The van der Waals surface area contributed by atoms with E-state index in [2.05, 4.69) is 17.4 Å². The highest BCUT2D eigenvalue weighted by Gasteiger charge is 2.21. The first-order valence-corrected chi connectivity index (χ1v) is 8.78. The Morgan fingerprint density at radius 2 is 1.80 bits per heavy atom. The van der Waals surface area contributed by atoms with Gasteiger partial charge in [-0.05, 0) is 43.5 Å². The highest BCUT2D eigenvalue weighted by Crippen LogP contribution is 2.22. The number of anilines is 1. The summed E-state index contributed by atoms with van der Waals surface area (Å²) < 4.78 is 0. The fourth-order valence-corrected chi connectivity index (χ4v) is 3.13. The number of amides is 2. The Morgan fingerprint density at radius 3 is 2.40 bits per heavy atom. The van der Waals surface area contributed by atoms with Gasteiger partial charge in [-0.1, -0.05) is 42.0 Å². The maximum Gasteiger partial charge on any atom is 0.227 e. The first-order chi connectivity index (χ1) is 12.0. The quantitative estimate of drug-likeness (QED) is 0.908. The average molecular weight is 336 g/mol. The lowest BCUT2D eigenvalue weighted by Crippen LogP contribution is -2.28. The fraction of sp³-hybridized carbons (Fsp3) is 0.333. The SMILES string of the molecule is Cc1ccc(C(C)NC(=O)Cc2ccc(N3CCCC3=O)cc2)cc1. The van der Waals surface area contributed by atoms with Crippen LogP contribution < -0.4 is 10.2 Å². The molecular weight excluding hydrogens is 312 g/mol. The summed E-state index contributed by atoms with van der Waals surface area (Å²) in [5.74, 6) is 0.176. The van der Waals surface area contributed by atoms with E-state index < -0.39 is 0 Å². The molecule has 0 aliphatic carbocycles. The number of nitrogens with one attached hydrogen (secondary N) is 1. The molecule has 1 heterocycles. The zero-order valence-corrected chi connectivity index (χ0v) is 14.8. The van der Waals surface area contributed by atoms with Crippen LogP contribution in [0.4, 0.5) is 5.69 Å². The van der Waals surface area contributed by atoms with Gasteiger partial charge in [0, 0.05) is 18.7 Å². The van der Waals surface area contributed by atoms with Crippen molar-refractivity contribution in [2.45, 2.75) is 39.2 Å². The maximum atomic E-state index is 12.3. The van der Waals surface area contributed by atoms with Crippen LogP contribution in [-0.4, -0.2) is 18.4 Å². The molecule has 0 bridgehead atoms. The standard InChI is InChI=1S/C21H24N2O2/c1-15-5-9-18(10-6-15)16(2)22-20(24)14-17-7-11-19(12-8-17)23-13-3-4-21(23)25/h5-12,16H,3-4,13-14H2,1-2H3,(H,22,24). The number of carbonyl (C=O) groups excluding carboxylic acids is 2. The Balaban J connectivity index is 1.57. The Morgan fingerprint density at radius 1 is 1.12 bits per heavy atom. The van der Waals surface area contributed by atoms with Crippen molar-refractivity contribution in [2.24, 2.45) is 0 Å². The molecule has 2 aromatic rings. The average Bonchev–Trinajstić information content (AvgIpc) is 3.02. The summed E-state index contributed by atoms with van der Waals surface area (Å²) in [7, 11) is 0. The molecule has 1 saturated heterocycles. The summed E-state index contributed by atoms with van der Waals surface area (Å²) in [6.45, 7) is 4.82. The number of hydrogen-bond acceptors (Lipinski definition) is 2. The van der Waals surface area contributed by atoms with Gasteiger partial charge in [-0.3, -0.25) is 9.59 Å². The van der Waals surface area contributed by atoms with Gasteiger partial charge in [-0.15, -0.1) is 0 Å². The third kappa shape index (κ3) is 4.27. The predicted molar refractivity (Wildman–Crippen MR) is 99.5 cm³/mol. The van der Waals surface area contributed by atoms with E-state index in [9.17, 15) is 9.59 Å². The van der Waals surface area contributed by atoms with Crippen LogP contribution in [0.3, 0.4) is 0 Å². The summed E-state index contributed by atoms with van der Waals surface area (Å²) in [5.41, 5.74) is 4.17. The molecule has 2 aromatic carbocycles. The monoisotopic (exact) mass is 336 g/mol. The minimum atomic E-state index is -0.0189. The predicted octanol–water partition coefficient (Wildman–Crippen LogP) is 3.54. The molecule has 1 fully saturated rings. The van der Waals surface area contributed by atoms with Crippen molar-refractivity contribution in [3.63, 3.8) is 0 Å². The molecule has 130 valence electrons. The van der Waals surface area contributed by atoms with Crippen LogP contribution in [0.5, 0.6) is 0 Å². The third-order valence-electron chi connectivity index (χ3n) is 4.64. The lowest BCUT2D eigenvalue weighted by Gasteiger charge is -2.17. The Labute approximate surface area is 148 Å². The molecule has 0 saturated carbocycles. The number of benzene rings is 2. The van der Waals surface area contributed by atoms with Crippen molar-refractivity contribution in [2.75, 3.05) is 11.4 Å². The summed E-state index contributed by atoms with van der Waals surface area (Å²) in [6.07, 6.45) is 1.88. The molecule has 1 aliphatic rings. The van der Waals surface area contributed by atoms with E-state index in [1.54, 1.807) is 0 Å². The van der Waals surface area contributed by atoms with Crippen LogP contribution in [0.1, 0.15) is 42.5 Å². The number of nitrogens with zero attached hydrogens (tertiary/aromatic N) is 1. The molecule has 1 N–H and O–H groups in total. The normalized spacial score (nSPS) is 15.3. The molecule has 4 heteroatoms. The molecule has 0 aromatic heterocycles. The first kappa shape index (κ1) is 17.2. The summed E-state index contributed by atoms with van der Waals surface area (Å²) in [4.78, 5) is 25.9. The van der Waals surface area contributed by atoms with E-state index in [1.165, 1.54) is 5.56 Å². The third-order valence-corrected chi connectivity index (χ3v) is 4.64. The highest BCUT2D eigenvalue weighted by molar-refractivity contribution is 5.95. The van der Waals surface area contributed by atoms with Crippen LogP contribution in [0.15, 0.2) is 48.5 Å². The van der Waals surface area contributed by atoms with E-state index in [4.69, 9.17) is 0 Å². The first-order valence-electron chi connectivity index (χ1n) is 8.78. The Bertz CT molecular complexity index is 750. The zero-order chi connectivity index (χ0) is 17.8. The molecule has 4 nitrogen and oxygen atoms in total. The van der Waals surface area contributed by atoms with Crippen molar-refractivity contribution in [3.8, 4) is 0 Å². The summed E-state index contributed by atoms with van der Waals surface area (Å²) >= 11 is 0. The number of carbonyl (C=O) groups is 2. The lowest BCUT2D eigenvalue weighted by atomic mass is 10.1. The van der Waals surface area contributed by atoms with E-state index >= 15 is 0 Å². The van der Waals surface area contributed by atoms with Crippen molar-refractivity contribution in [1.82, 2.24) is 5.32 Å². The van der Waals surface area contributed by atoms with Crippen LogP contribution in [0, 0.1) is 6.92 Å². The molecular formula is C21H24N2O2. The van der Waals surface area contributed by atoms with Crippen molar-refractivity contribution in [1.29, 1.82) is 0 Å². The van der Waals surface area contributed by atoms with E-state index in [0.29, 0.717) is 12.8 Å². The summed E-state index contributed by atoms with van der Waals surface area (Å²) in [5, 5.41) is 3.04. The minimum absolute atomic E-state index is 0.00178. The molecule has 0 spiro atoms. The fourth-order valence-electron chi connectivity index (χ4n) is 3.13. The van der Waals surface area contributed by atoms with Crippen molar-refractivity contribution in [3.05, 3.63) is 65.2 Å². The smallest absolute Gasteiger partial charge is 0.227 e. The van der Waals surface area contributed by atoms with Gasteiger partial charge in [-0.25, -0.2) is 0 Å². The molecule has 2 amide bonds. The topological polar surface area (TPSA) is 49.4 Å². The Hall–Kier alpha value is -2.62. The Kier molecular flexibility index (Phi) is 5.17. The van der Waals surface area contributed by atoms with Crippen LogP contribution in [-0.2, 0) is 16.0 Å². The van der Waals surface area contributed by atoms with E-state index in [-0.39, 0.29) is 17.9 Å². The van der Waals surface area contributed by atoms with Crippen LogP contribution in [0.2, 0.25) is 0 Å². The zero-order valence-electron chi connectivity index (χ0n) is 14.8. The lowest BCUT2D eigenvalue weighted by molar-refractivity contribution is -0.121. The van der Waals surface area contributed by atoms with Gasteiger partial charge in [-0.2, -0.15) is 0 Å². The van der Waals surface area contributed by atoms with Crippen molar-refractivity contribution >= 4 is 17.5 Å². The summed E-state index contributed by atoms with van der Waals surface area (Å²) in [6, 6.07) is 15.9. The van der Waals surface area contributed by atoms with Crippen LogP contribution in [0.25, 0.3) is 0 Å². The second-order valence-corrected chi connectivity index (χ2v) is 6.69. The second kappa shape index (κ2) is 7.51. The van der Waals surface area contributed by atoms with Gasteiger partial charge < -0.3 is 10.2 Å². The van der Waals surface area contributed by atoms with Gasteiger partial charge in [0.15, 0.2) is 0 Å². The second-order valence-electron chi connectivity index (χ2n) is 6.69. The van der Waals surface area contributed by atoms with Gasteiger partial charge in [0.2, 0.25) is 11.8 Å².